The van der Waals surface area contributed by atoms with Crippen LogP contribution in [0.1, 0.15) is 68.4 Å². The predicted molar refractivity (Wildman–Crippen MR) is 135 cm³/mol. The second kappa shape index (κ2) is 10.6. The number of aromatic carboxylic acids is 1. The molecule has 2 fully saturated rings. The lowest BCUT2D eigenvalue weighted by Crippen LogP contribution is -2.47. The van der Waals surface area contributed by atoms with E-state index in [1.807, 2.05) is 18.2 Å². The summed E-state index contributed by atoms with van der Waals surface area (Å²) < 4.78 is 11.6. The lowest BCUT2D eigenvalue weighted by molar-refractivity contribution is -0.125. The van der Waals surface area contributed by atoms with Crippen molar-refractivity contribution in [3.05, 3.63) is 29.5 Å². The molecule has 8 nitrogen and oxygen atoms in total. The van der Waals surface area contributed by atoms with Crippen molar-refractivity contribution in [2.75, 3.05) is 33.4 Å². The smallest absolute Gasteiger partial charge is 0.352 e. The van der Waals surface area contributed by atoms with Crippen molar-refractivity contribution in [3.63, 3.8) is 0 Å². The summed E-state index contributed by atoms with van der Waals surface area (Å²) in [6.45, 7) is 7.20. The number of nitrogens with zero attached hydrogens (tertiary/aromatic N) is 1. The number of rotatable bonds is 9. The van der Waals surface area contributed by atoms with Crippen molar-refractivity contribution in [1.82, 2.24) is 9.88 Å². The van der Waals surface area contributed by atoms with Crippen LogP contribution in [-0.2, 0) is 14.9 Å². The third-order valence-corrected chi connectivity index (χ3v) is 7.84. The minimum Gasteiger partial charge on any atom is -0.493 e. The van der Waals surface area contributed by atoms with E-state index in [0.29, 0.717) is 59.5 Å². The Morgan fingerprint density at radius 2 is 1.91 bits per heavy atom. The molecule has 1 aliphatic heterocycles. The van der Waals surface area contributed by atoms with Crippen LogP contribution < -0.4 is 10.5 Å². The molecule has 1 amide bonds. The molecular weight excluding hydrogens is 446 g/mol. The Kier molecular flexibility index (Phi) is 7.71. The van der Waals surface area contributed by atoms with E-state index in [-0.39, 0.29) is 5.69 Å². The van der Waals surface area contributed by atoms with Gasteiger partial charge in [-0.25, -0.2) is 4.79 Å². The van der Waals surface area contributed by atoms with Gasteiger partial charge in [-0.2, -0.15) is 0 Å². The summed E-state index contributed by atoms with van der Waals surface area (Å²) in [5, 5.41) is 10.7. The van der Waals surface area contributed by atoms with Gasteiger partial charge in [-0.15, -0.1) is 0 Å². The number of carboxylic acid groups (broad SMARTS) is 1. The summed E-state index contributed by atoms with van der Waals surface area (Å²) in [5.41, 5.74) is 6.22. The summed E-state index contributed by atoms with van der Waals surface area (Å²) >= 11 is 0. The van der Waals surface area contributed by atoms with Gasteiger partial charge in [-0.3, -0.25) is 4.79 Å². The number of ether oxygens (including phenoxy) is 2. The number of nitrogens with two attached hydrogens (primary N) is 1. The predicted octanol–water partition coefficient (Wildman–Crippen LogP) is 3.93. The molecule has 4 N–H and O–H groups in total. The molecule has 2 aliphatic rings. The largest absolute Gasteiger partial charge is 0.493 e. The fourth-order valence-electron chi connectivity index (χ4n) is 5.89. The number of nitrogens with one attached hydrogen (secondary N) is 1. The van der Waals surface area contributed by atoms with E-state index in [1.165, 1.54) is 0 Å². The van der Waals surface area contributed by atoms with Crippen LogP contribution in [0.2, 0.25) is 0 Å². The summed E-state index contributed by atoms with van der Waals surface area (Å²) in [4.78, 5) is 30.9. The fraction of sp³-hybridized carbons (Fsp3) is 0.630. The number of aromatic amines is 1. The van der Waals surface area contributed by atoms with E-state index >= 15 is 0 Å². The second-order valence-electron chi connectivity index (χ2n) is 10.7. The standard InChI is InChI=1S/C27H39N3O5/c1-17(2)16-35-21-6-4-5-20-22(21)23(24(29-20)25(31)32)27(26(28)33)11-7-18(8-12-27)15-30(3)19-9-13-34-14-10-19/h4-6,17-19,29H,7-16H2,1-3H3,(H2,28,33)(H,31,32). The highest BCUT2D eigenvalue weighted by molar-refractivity contribution is 6.05. The highest BCUT2D eigenvalue weighted by Crippen LogP contribution is 2.48. The number of fused-ring (bicyclic) bond motifs is 1. The highest BCUT2D eigenvalue weighted by Gasteiger charge is 2.47. The van der Waals surface area contributed by atoms with Gasteiger partial charge in [0.05, 0.1) is 17.5 Å². The van der Waals surface area contributed by atoms with Gasteiger partial charge in [-0.05, 0) is 69.5 Å². The van der Waals surface area contributed by atoms with Gasteiger partial charge in [0.15, 0.2) is 0 Å². The topological polar surface area (TPSA) is 118 Å². The Balaban J connectivity index is 1.65. The summed E-state index contributed by atoms with van der Waals surface area (Å²) in [6.07, 6.45) is 4.78. The van der Waals surface area contributed by atoms with E-state index in [0.717, 1.165) is 45.4 Å². The van der Waals surface area contributed by atoms with Crippen LogP contribution in [0.25, 0.3) is 10.9 Å². The number of carboxylic acids is 1. The number of H-pyrrole nitrogens is 1. The molecule has 35 heavy (non-hydrogen) atoms. The maximum atomic E-state index is 13.1. The molecular formula is C27H39N3O5. The minimum absolute atomic E-state index is 0.0390. The zero-order valence-electron chi connectivity index (χ0n) is 21.1. The molecule has 4 rings (SSSR count). The number of carbonyl (C=O) groups excluding carboxylic acids is 1. The zero-order valence-corrected chi connectivity index (χ0v) is 21.1. The van der Waals surface area contributed by atoms with Gasteiger partial charge in [0, 0.05) is 36.8 Å². The highest BCUT2D eigenvalue weighted by atomic mass is 16.5. The summed E-state index contributed by atoms with van der Waals surface area (Å²) in [6, 6.07) is 6.04. The number of carbonyl (C=O) groups is 2. The number of benzene rings is 1. The first-order chi connectivity index (χ1) is 16.7. The lowest BCUT2D eigenvalue weighted by atomic mass is 9.65. The minimum atomic E-state index is -1.09. The number of hydrogen-bond donors (Lipinski definition) is 3. The zero-order chi connectivity index (χ0) is 25.2. The van der Waals surface area contributed by atoms with Gasteiger partial charge < -0.3 is 30.2 Å². The fourth-order valence-corrected chi connectivity index (χ4v) is 5.89. The molecule has 1 saturated heterocycles. The molecule has 0 spiro atoms. The van der Waals surface area contributed by atoms with E-state index < -0.39 is 17.3 Å². The molecule has 1 saturated carbocycles. The lowest BCUT2D eigenvalue weighted by Gasteiger charge is -2.41. The number of hydrogen-bond acceptors (Lipinski definition) is 5. The number of amides is 1. The first-order valence-corrected chi connectivity index (χ1v) is 12.8. The summed E-state index contributed by atoms with van der Waals surface area (Å²) in [5.74, 6) is -0.217. The molecule has 0 unspecified atom stereocenters. The van der Waals surface area contributed by atoms with Crippen molar-refractivity contribution in [2.24, 2.45) is 17.6 Å². The van der Waals surface area contributed by atoms with E-state index in [9.17, 15) is 14.7 Å². The van der Waals surface area contributed by atoms with Crippen LogP contribution in [0.15, 0.2) is 18.2 Å². The maximum absolute atomic E-state index is 13.1. The SMILES string of the molecule is CC(C)COc1cccc2[nH]c(C(=O)O)c(C3(C(N)=O)CCC(CN(C)C4CCOCC4)CC3)c12. The van der Waals surface area contributed by atoms with Gasteiger partial charge in [-0.1, -0.05) is 19.9 Å². The molecule has 2 aromatic rings. The van der Waals surface area contributed by atoms with Crippen LogP contribution in [0, 0.1) is 11.8 Å². The molecule has 1 aromatic heterocycles. The van der Waals surface area contributed by atoms with E-state index in [1.54, 1.807) is 0 Å². The van der Waals surface area contributed by atoms with Crippen LogP contribution in [0.5, 0.6) is 5.75 Å². The normalized spacial score (nSPS) is 23.7. The first-order valence-electron chi connectivity index (χ1n) is 12.8. The number of aromatic nitrogens is 1. The van der Waals surface area contributed by atoms with Crippen LogP contribution in [0.3, 0.4) is 0 Å². The Labute approximate surface area is 207 Å². The molecule has 0 atom stereocenters. The molecule has 1 aromatic carbocycles. The molecule has 0 radical (unpaired) electrons. The monoisotopic (exact) mass is 485 g/mol. The molecule has 8 heteroatoms. The van der Waals surface area contributed by atoms with Crippen LogP contribution in [-0.4, -0.2) is 66.3 Å². The quantitative estimate of drug-likeness (QED) is 0.495. The second-order valence-corrected chi connectivity index (χ2v) is 10.7. The molecule has 2 heterocycles. The van der Waals surface area contributed by atoms with Crippen LogP contribution in [0.4, 0.5) is 0 Å². The van der Waals surface area contributed by atoms with Crippen molar-refractivity contribution < 1.29 is 24.2 Å². The third-order valence-electron chi connectivity index (χ3n) is 7.84. The van der Waals surface area contributed by atoms with Crippen LogP contribution >= 0.6 is 0 Å². The maximum Gasteiger partial charge on any atom is 0.352 e. The summed E-state index contributed by atoms with van der Waals surface area (Å²) in [7, 11) is 2.17. The van der Waals surface area contributed by atoms with Gasteiger partial charge in [0.2, 0.25) is 5.91 Å². The van der Waals surface area contributed by atoms with Crippen molar-refractivity contribution in [2.45, 2.75) is 63.8 Å². The molecule has 192 valence electrons. The Hall–Kier alpha value is -2.58. The molecule has 0 bridgehead atoms. The Morgan fingerprint density at radius 3 is 2.51 bits per heavy atom. The van der Waals surface area contributed by atoms with Gasteiger partial charge in [0.1, 0.15) is 11.4 Å². The average Bonchev–Trinajstić information content (AvgIpc) is 3.25. The Morgan fingerprint density at radius 1 is 1.23 bits per heavy atom. The first kappa shape index (κ1) is 25.5. The van der Waals surface area contributed by atoms with Crippen molar-refractivity contribution in [3.8, 4) is 5.75 Å². The van der Waals surface area contributed by atoms with E-state index in [2.05, 4.69) is 30.8 Å². The Bertz CT molecular complexity index is 1050. The van der Waals surface area contributed by atoms with E-state index in [4.69, 9.17) is 15.2 Å². The van der Waals surface area contributed by atoms with Gasteiger partial charge in [0.25, 0.3) is 0 Å². The van der Waals surface area contributed by atoms with Crippen molar-refractivity contribution in [1.29, 1.82) is 0 Å². The van der Waals surface area contributed by atoms with Crippen molar-refractivity contribution >= 4 is 22.8 Å². The average molecular weight is 486 g/mol. The van der Waals surface area contributed by atoms with Gasteiger partial charge >= 0.3 is 5.97 Å². The number of primary amides is 1. The third kappa shape index (κ3) is 5.19. The molecule has 1 aliphatic carbocycles.